The minimum absolute atomic E-state index is 0.0385. The van der Waals surface area contributed by atoms with Crippen LogP contribution in [0, 0.1) is 23.7 Å². The molecule has 0 saturated carbocycles. The third-order valence-corrected chi connectivity index (χ3v) is 5.96. The molecule has 0 bridgehead atoms. The maximum atomic E-state index is 10.5. The second-order valence-electron chi connectivity index (χ2n) is 8.91. The Morgan fingerprint density at radius 3 is 2.26 bits per heavy atom. The van der Waals surface area contributed by atoms with Crippen LogP contribution in [0.2, 0.25) is 0 Å². The van der Waals surface area contributed by atoms with Crippen LogP contribution in [0.1, 0.15) is 26.7 Å². The summed E-state index contributed by atoms with van der Waals surface area (Å²) >= 11 is 0. The molecule has 1 unspecified atom stereocenters. The van der Waals surface area contributed by atoms with Crippen LogP contribution in [0.4, 0.5) is 0 Å². The Bertz CT molecular complexity index is 886. The third-order valence-electron chi connectivity index (χ3n) is 5.96. The topological polar surface area (TPSA) is 199 Å². The van der Waals surface area contributed by atoms with Gasteiger partial charge in [0, 0.05) is 6.61 Å². The number of unbranched alkanes of at least 4 members (excludes halogenated alkanes) is 1. The van der Waals surface area contributed by atoms with Crippen molar-refractivity contribution in [2.45, 2.75) is 100 Å². The highest BCUT2D eigenvalue weighted by Gasteiger charge is 2.47. The molecule has 0 radical (unpaired) electrons. The van der Waals surface area contributed by atoms with Gasteiger partial charge >= 0.3 is 0 Å². The van der Waals surface area contributed by atoms with Crippen LogP contribution in [0.5, 0.6) is 0 Å². The molecule has 0 amide bonds. The molecule has 0 aromatic rings. The third kappa shape index (κ3) is 9.10. The molecule has 2 fully saturated rings. The van der Waals surface area contributed by atoms with Crippen LogP contribution < -0.4 is 0 Å². The summed E-state index contributed by atoms with van der Waals surface area (Å²) in [5, 5.41) is 80.7. The van der Waals surface area contributed by atoms with E-state index in [-0.39, 0.29) is 6.61 Å². The summed E-state index contributed by atoms with van der Waals surface area (Å²) in [6.45, 7) is 2.77. The first-order chi connectivity index (χ1) is 18.1. The number of ether oxygens (including phenoxy) is 4. The highest BCUT2D eigenvalue weighted by Crippen LogP contribution is 2.27. The molecule has 2 rings (SSSR count). The molecular formula is C26H38O12. The van der Waals surface area contributed by atoms with E-state index in [9.17, 15) is 35.7 Å². The van der Waals surface area contributed by atoms with Crippen molar-refractivity contribution in [3.8, 4) is 23.7 Å². The summed E-state index contributed by atoms with van der Waals surface area (Å²) in [5.41, 5.74) is 0. The zero-order valence-electron chi connectivity index (χ0n) is 21.3. The molecule has 0 aromatic heterocycles. The van der Waals surface area contributed by atoms with Crippen molar-refractivity contribution < 1.29 is 59.8 Å². The first kappa shape index (κ1) is 32.3. The van der Waals surface area contributed by atoms with Crippen molar-refractivity contribution >= 4 is 0 Å². The molecular weight excluding hydrogens is 504 g/mol. The Morgan fingerprint density at radius 2 is 1.58 bits per heavy atom. The maximum Gasteiger partial charge on any atom is 0.187 e. The van der Waals surface area contributed by atoms with Gasteiger partial charge in [0.1, 0.15) is 54.9 Å². The van der Waals surface area contributed by atoms with E-state index in [4.69, 9.17) is 24.1 Å². The number of hydrogen-bond donors (Lipinski definition) is 8. The molecule has 214 valence electrons. The Hall–Kier alpha value is -1.88. The number of allylic oxidation sites excluding steroid dienone is 3. The molecule has 38 heavy (non-hydrogen) atoms. The highest BCUT2D eigenvalue weighted by molar-refractivity contribution is 5.32. The summed E-state index contributed by atoms with van der Waals surface area (Å²) in [7, 11) is 0. The summed E-state index contributed by atoms with van der Waals surface area (Å²) in [6.07, 6.45) is -9.78. The molecule has 12 nitrogen and oxygen atoms in total. The first-order valence-corrected chi connectivity index (χ1v) is 12.4. The fourth-order valence-corrected chi connectivity index (χ4v) is 3.68. The molecule has 2 heterocycles. The lowest BCUT2D eigenvalue weighted by atomic mass is 9.98. The van der Waals surface area contributed by atoms with Crippen molar-refractivity contribution in [3.63, 3.8) is 0 Å². The van der Waals surface area contributed by atoms with Crippen LogP contribution in [0.15, 0.2) is 24.3 Å². The van der Waals surface area contributed by atoms with E-state index >= 15 is 0 Å². The van der Waals surface area contributed by atoms with Crippen LogP contribution in [-0.4, -0.2) is 128 Å². The Kier molecular flexibility index (Phi) is 13.8. The first-order valence-electron chi connectivity index (χ1n) is 12.4. The molecule has 12 heteroatoms. The van der Waals surface area contributed by atoms with Gasteiger partial charge in [-0.25, -0.2) is 0 Å². The predicted molar refractivity (Wildman–Crippen MR) is 132 cm³/mol. The number of aliphatic hydroxyl groups excluding tert-OH is 8. The van der Waals surface area contributed by atoms with Gasteiger partial charge in [-0.2, -0.15) is 0 Å². The molecule has 8 N–H and O–H groups in total. The monoisotopic (exact) mass is 542 g/mol. The van der Waals surface area contributed by atoms with E-state index in [1.165, 1.54) is 13.0 Å². The second kappa shape index (κ2) is 16.3. The molecule has 2 aliphatic rings. The van der Waals surface area contributed by atoms with Gasteiger partial charge in [0.25, 0.3) is 0 Å². The SMILES string of the molecule is C/C=C/C#CC#C[C@@H](O)[C@H](/C=C/CCCO)O[C@@H]1O[C@H](COC2O[C@@H](C)[C@H](O)[C@@H](O)[C@H]2O)[C@H](O)[C@H](O)[C@H]1O. The lowest BCUT2D eigenvalue weighted by Gasteiger charge is -2.43. The molecule has 0 aliphatic carbocycles. The van der Waals surface area contributed by atoms with Gasteiger partial charge in [-0.05, 0) is 44.6 Å². The van der Waals surface area contributed by atoms with E-state index < -0.39 is 80.2 Å². The molecule has 12 atom stereocenters. The number of hydrogen-bond acceptors (Lipinski definition) is 12. The minimum atomic E-state index is -1.72. The molecule has 0 spiro atoms. The van der Waals surface area contributed by atoms with Gasteiger partial charge in [0.2, 0.25) is 0 Å². The predicted octanol–water partition coefficient (Wildman–Crippen LogP) is -2.70. The van der Waals surface area contributed by atoms with Gasteiger partial charge in [0.05, 0.1) is 12.7 Å². The zero-order valence-corrected chi connectivity index (χ0v) is 21.3. The van der Waals surface area contributed by atoms with Gasteiger partial charge in [0.15, 0.2) is 12.6 Å². The normalized spacial score (nSPS) is 37.3. The second-order valence-corrected chi connectivity index (χ2v) is 8.91. The largest absolute Gasteiger partial charge is 0.396 e. The van der Waals surface area contributed by atoms with Gasteiger partial charge < -0.3 is 59.8 Å². The van der Waals surface area contributed by atoms with Crippen LogP contribution in [0.25, 0.3) is 0 Å². The molecule has 0 aromatic carbocycles. The number of aliphatic hydroxyl groups is 8. The average Bonchev–Trinajstić information content (AvgIpc) is 2.90. The maximum absolute atomic E-state index is 10.5. The standard InChI is InChI=1S/C26H38O12/c1-3-4-5-6-8-11-16(28)17(12-9-7-10-13-27)37-26-24(34)22(32)20(30)18(38-26)14-35-25-23(33)21(31)19(29)15(2)36-25/h3-4,9,12,15-34H,7,10,13-14H2,1-2H3/b4-3+,12-9+/t15-,16+,17-,18+,19-,20-,21+,22-,23+,24+,25?,26+/m0/s1. The van der Waals surface area contributed by atoms with Crippen molar-refractivity contribution in [2.75, 3.05) is 13.2 Å². The lowest BCUT2D eigenvalue weighted by Crippen LogP contribution is -2.61. The summed E-state index contributed by atoms with van der Waals surface area (Å²) < 4.78 is 22.1. The quantitative estimate of drug-likeness (QED) is 0.0808. The highest BCUT2D eigenvalue weighted by atomic mass is 16.7. The summed E-state index contributed by atoms with van der Waals surface area (Å²) in [6, 6.07) is 0. The van der Waals surface area contributed by atoms with E-state index in [1.54, 1.807) is 25.2 Å². The summed E-state index contributed by atoms with van der Waals surface area (Å²) in [4.78, 5) is 0. The molecule has 2 aliphatic heterocycles. The lowest BCUT2D eigenvalue weighted by molar-refractivity contribution is -0.333. The van der Waals surface area contributed by atoms with Crippen molar-refractivity contribution in [2.24, 2.45) is 0 Å². The van der Waals surface area contributed by atoms with Crippen molar-refractivity contribution in [3.05, 3.63) is 24.3 Å². The number of rotatable bonds is 10. The van der Waals surface area contributed by atoms with E-state index in [0.717, 1.165) is 0 Å². The van der Waals surface area contributed by atoms with Crippen LogP contribution in [-0.2, 0) is 18.9 Å². The van der Waals surface area contributed by atoms with Crippen LogP contribution >= 0.6 is 0 Å². The van der Waals surface area contributed by atoms with Crippen molar-refractivity contribution in [1.82, 2.24) is 0 Å². The van der Waals surface area contributed by atoms with Gasteiger partial charge in [-0.1, -0.05) is 30.1 Å². The van der Waals surface area contributed by atoms with Gasteiger partial charge in [-0.15, -0.1) is 0 Å². The Labute approximate surface area is 221 Å². The van der Waals surface area contributed by atoms with E-state index in [0.29, 0.717) is 12.8 Å². The Balaban J connectivity index is 2.12. The smallest absolute Gasteiger partial charge is 0.187 e. The average molecular weight is 543 g/mol. The van der Waals surface area contributed by atoms with Gasteiger partial charge in [-0.3, -0.25) is 0 Å². The fraction of sp³-hybridized carbons (Fsp3) is 0.692. The Morgan fingerprint density at radius 1 is 0.895 bits per heavy atom. The van der Waals surface area contributed by atoms with Crippen LogP contribution in [0.3, 0.4) is 0 Å². The fourth-order valence-electron chi connectivity index (χ4n) is 3.68. The van der Waals surface area contributed by atoms with E-state index in [1.807, 2.05) is 0 Å². The summed E-state index contributed by atoms with van der Waals surface area (Å²) in [5.74, 6) is 10.2. The minimum Gasteiger partial charge on any atom is -0.396 e. The van der Waals surface area contributed by atoms with Crippen molar-refractivity contribution in [1.29, 1.82) is 0 Å². The zero-order chi connectivity index (χ0) is 28.2. The van der Waals surface area contributed by atoms with E-state index in [2.05, 4.69) is 23.7 Å². The molecule has 2 saturated heterocycles.